The van der Waals surface area contributed by atoms with Crippen molar-refractivity contribution in [3.05, 3.63) is 51.5 Å². The molecule has 0 saturated heterocycles. The van der Waals surface area contributed by atoms with Crippen LogP contribution in [0.3, 0.4) is 0 Å². The Labute approximate surface area is 146 Å². The lowest BCUT2D eigenvalue weighted by atomic mass is 10.1. The molecule has 1 aromatic heterocycles. The van der Waals surface area contributed by atoms with Gasteiger partial charge in [-0.25, -0.2) is 4.98 Å². The SMILES string of the molecule is Cc1ccc(Cc2nc(C(=O)N(CCC(=O)O)C(C)C)cs2)cc1. The summed E-state index contributed by atoms with van der Waals surface area (Å²) >= 11 is 1.46. The van der Waals surface area contributed by atoms with Crippen LogP contribution in [0.1, 0.15) is 46.9 Å². The first-order chi connectivity index (χ1) is 11.4. The zero-order valence-electron chi connectivity index (χ0n) is 14.2. The summed E-state index contributed by atoms with van der Waals surface area (Å²) in [7, 11) is 0. The van der Waals surface area contributed by atoms with Crippen LogP contribution in [0.4, 0.5) is 0 Å². The molecule has 0 aliphatic rings. The van der Waals surface area contributed by atoms with Crippen LogP contribution in [0, 0.1) is 6.92 Å². The summed E-state index contributed by atoms with van der Waals surface area (Å²) < 4.78 is 0. The van der Waals surface area contributed by atoms with Crippen LogP contribution < -0.4 is 0 Å². The fourth-order valence-electron chi connectivity index (χ4n) is 2.33. The van der Waals surface area contributed by atoms with E-state index in [9.17, 15) is 9.59 Å². The zero-order valence-corrected chi connectivity index (χ0v) is 15.0. The number of benzene rings is 1. The molecule has 0 bridgehead atoms. The Bertz CT molecular complexity index is 707. The van der Waals surface area contributed by atoms with Crippen molar-refractivity contribution >= 4 is 23.2 Å². The van der Waals surface area contributed by atoms with Crippen LogP contribution in [0.15, 0.2) is 29.6 Å². The van der Waals surface area contributed by atoms with Crippen molar-refractivity contribution in [2.24, 2.45) is 0 Å². The van der Waals surface area contributed by atoms with Gasteiger partial charge in [0.25, 0.3) is 5.91 Å². The molecule has 2 rings (SSSR count). The minimum absolute atomic E-state index is 0.0652. The summed E-state index contributed by atoms with van der Waals surface area (Å²) in [5, 5.41) is 11.5. The number of hydrogen-bond donors (Lipinski definition) is 1. The summed E-state index contributed by atoms with van der Waals surface area (Å²) in [4.78, 5) is 29.3. The van der Waals surface area contributed by atoms with E-state index in [0.29, 0.717) is 12.1 Å². The van der Waals surface area contributed by atoms with E-state index in [0.717, 1.165) is 10.6 Å². The van der Waals surface area contributed by atoms with E-state index in [1.54, 1.807) is 10.3 Å². The van der Waals surface area contributed by atoms with Crippen molar-refractivity contribution in [2.75, 3.05) is 6.54 Å². The van der Waals surface area contributed by atoms with Crippen LogP contribution >= 0.6 is 11.3 Å². The van der Waals surface area contributed by atoms with Crippen molar-refractivity contribution in [2.45, 2.75) is 39.7 Å². The number of carboxylic acids is 1. The largest absolute Gasteiger partial charge is 0.481 e. The number of carbonyl (C=O) groups excluding carboxylic acids is 1. The van der Waals surface area contributed by atoms with Gasteiger partial charge in [-0.15, -0.1) is 11.3 Å². The standard InChI is InChI=1S/C18H22N2O3S/c1-12(2)20(9-8-17(21)22)18(23)15-11-24-16(19-15)10-14-6-4-13(3)5-7-14/h4-7,11-12H,8-10H2,1-3H3,(H,21,22). The van der Waals surface area contributed by atoms with Crippen LogP contribution in [0.2, 0.25) is 0 Å². The van der Waals surface area contributed by atoms with Gasteiger partial charge in [-0.1, -0.05) is 29.8 Å². The first kappa shape index (κ1) is 18.1. The summed E-state index contributed by atoms with van der Waals surface area (Å²) in [6.07, 6.45) is 0.624. The topological polar surface area (TPSA) is 70.5 Å². The fraction of sp³-hybridized carbons (Fsp3) is 0.389. The van der Waals surface area contributed by atoms with Crippen LogP contribution in [-0.4, -0.2) is 39.5 Å². The molecule has 1 amide bonds. The first-order valence-corrected chi connectivity index (χ1v) is 8.77. The molecule has 0 atom stereocenters. The molecule has 1 N–H and O–H groups in total. The first-order valence-electron chi connectivity index (χ1n) is 7.89. The van der Waals surface area contributed by atoms with E-state index < -0.39 is 5.97 Å². The van der Waals surface area contributed by atoms with E-state index in [2.05, 4.69) is 29.2 Å². The second-order valence-electron chi connectivity index (χ2n) is 6.02. The van der Waals surface area contributed by atoms with Gasteiger partial charge >= 0.3 is 5.97 Å². The Morgan fingerprint density at radius 1 is 1.25 bits per heavy atom. The van der Waals surface area contributed by atoms with Gasteiger partial charge < -0.3 is 10.0 Å². The highest BCUT2D eigenvalue weighted by Gasteiger charge is 2.22. The van der Waals surface area contributed by atoms with Crippen LogP contribution in [0.25, 0.3) is 0 Å². The van der Waals surface area contributed by atoms with Gasteiger partial charge in [-0.05, 0) is 26.3 Å². The maximum atomic E-state index is 12.6. The number of aliphatic carboxylic acids is 1. The Morgan fingerprint density at radius 2 is 1.92 bits per heavy atom. The third-order valence-corrected chi connectivity index (χ3v) is 4.55. The second-order valence-corrected chi connectivity index (χ2v) is 6.97. The highest BCUT2D eigenvalue weighted by molar-refractivity contribution is 7.09. The monoisotopic (exact) mass is 346 g/mol. The van der Waals surface area contributed by atoms with Gasteiger partial charge in [-0.2, -0.15) is 0 Å². The molecule has 0 fully saturated rings. The molecule has 5 nitrogen and oxygen atoms in total. The number of carbonyl (C=O) groups is 2. The zero-order chi connectivity index (χ0) is 17.7. The maximum Gasteiger partial charge on any atom is 0.305 e. The average Bonchev–Trinajstić information content (AvgIpc) is 2.97. The van der Waals surface area contributed by atoms with Gasteiger partial charge in [0, 0.05) is 24.4 Å². The molecule has 128 valence electrons. The smallest absolute Gasteiger partial charge is 0.305 e. The normalized spacial score (nSPS) is 10.8. The second kappa shape index (κ2) is 8.06. The van der Waals surface area contributed by atoms with Gasteiger partial charge in [-0.3, -0.25) is 9.59 Å². The van der Waals surface area contributed by atoms with Gasteiger partial charge in [0.2, 0.25) is 0 Å². The van der Waals surface area contributed by atoms with Crippen LogP contribution in [-0.2, 0) is 11.2 Å². The number of aryl methyl sites for hydroxylation is 1. The van der Waals surface area contributed by atoms with Crippen LogP contribution in [0.5, 0.6) is 0 Å². The summed E-state index contributed by atoms with van der Waals surface area (Å²) in [5.41, 5.74) is 2.75. The number of amides is 1. The number of rotatable bonds is 7. The van der Waals surface area contributed by atoms with Crippen molar-refractivity contribution in [1.82, 2.24) is 9.88 Å². The number of aromatic nitrogens is 1. The molecule has 0 saturated carbocycles. The van der Waals surface area contributed by atoms with Crippen molar-refractivity contribution < 1.29 is 14.7 Å². The molecule has 0 aliphatic carbocycles. The Hall–Kier alpha value is -2.21. The van der Waals surface area contributed by atoms with E-state index in [4.69, 9.17) is 5.11 Å². The number of nitrogens with zero attached hydrogens (tertiary/aromatic N) is 2. The van der Waals surface area contributed by atoms with Gasteiger partial charge in [0.05, 0.1) is 11.4 Å². The predicted octanol–water partition coefficient (Wildman–Crippen LogP) is 3.37. The van der Waals surface area contributed by atoms with Gasteiger partial charge in [0.1, 0.15) is 5.69 Å². The minimum atomic E-state index is -0.910. The summed E-state index contributed by atoms with van der Waals surface area (Å²) in [6.45, 7) is 5.98. The summed E-state index contributed by atoms with van der Waals surface area (Å²) in [5.74, 6) is -1.12. The Kier molecular flexibility index (Phi) is 6.09. The molecular formula is C18H22N2O3S. The van der Waals surface area contributed by atoms with E-state index in [-0.39, 0.29) is 24.9 Å². The molecule has 0 aliphatic heterocycles. The molecule has 6 heteroatoms. The maximum absolute atomic E-state index is 12.6. The number of hydrogen-bond acceptors (Lipinski definition) is 4. The molecule has 1 aromatic carbocycles. The van der Waals surface area contributed by atoms with Crippen molar-refractivity contribution in [3.8, 4) is 0 Å². The highest BCUT2D eigenvalue weighted by Crippen LogP contribution is 2.17. The molecule has 1 heterocycles. The number of carboxylic acid groups (broad SMARTS) is 1. The quantitative estimate of drug-likeness (QED) is 0.834. The summed E-state index contributed by atoms with van der Waals surface area (Å²) in [6, 6.07) is 8.17. The Morgan fingerprint density at radius 3 is 2.50 bits per heavy atom. The van der Waals surface area contributed by atoms with Crippen molar-refractivity contribution in [3.63, 3.8) is 0 Å². The molecule has 0 unspecified atom stereocenters. The molecule has 0 spiro atoms. The van der Waals surface area contributed by atoms with E-state index >= 15 is 0 Å². The molecular weight excluding hydrogens is 324 g/mol. The average molecular weight is 346 g/mol. The molecule has 0 radical (unpaired) electrons. The lowest BCUT2D eigenvalue weighted by molar-refractivity contribution is -0.137. The minimum Gasteiger partial charge on any atom is -0.481 e. The fourth-order valence-corrected chi connectivity index (χ4v) is 3.13. The lowest BCUT2D eigenvalue weighted by Gasteiger charge is -2.25. The molecule has 2 aromatic rings. The Balaban J connectivity index is 2.08. The van der Waals surface area contributed by atoms with E-state index in [1.165, 1.54) is 16.9 Å². The third-order valence-electron chi connectivity index (χ3n) is 3.70. The highest BCUT2D eigenvalue weighted by atomic mass is 32.1. The third kappa shape index (κ3) is 4.89. The number of thiazole rings is 1. The molecule has 24 heavy (non-hydrogen) atoms. The predicted molar refractivity (Wildman–Crippen MR) is 94.5 cm³/mol. The van der Waals surface area contributed by atoms with E-state index in [1.807, 2.05) is 20.8 Å². The van der Waals surface area contributed by atoms with Gasteiger partial charge in [0.15, 0.2) is 0 Å². The van der Waals surface area contributed by atoms with Crippen molar-refractivity contribution in [1.29, 1.82) is 0 Å². The lowest BCUT2D eigenvalue weighted by Crippen LogP contribution is -2.38.